The van der Waals surface area contributed by atoms with E-state index in [1.165, 1.54) is 0 Å². The second kappa shape index (κ2) is 6.41. The Bertz CT molecular complexity index is 551. The summed E-state index contributed by atoms with van der Waals surface area (Å²) in [6.45, 7) is 0. The van der Waals surface area contributed by atoms with E-state index in [4.69, 9.17) is 11.6 Å². The highest BCUT2D eigenvalue weighted by atomic mass is 79.9. The minimum absolute atomic E-state index is 0.686. The smallest absolute Gasteiger partial charge is 0.143 e. The Hall–Kier alpha value is -0.780. The number of thioether (sulfide) groups is 1. The summed E-state index contributed by atoms with van der Waals surface area (Å²) in [5.74, 6) is 2.25. The lowest BCUT2D eigenvalue weighted by atomic mass is 10.4. The van der Waals surface area contributed by atoms with Crippen LogP contribution in [0.3, 0.4) is 0 Å². The molecule has 1 N–H and O–H groups in total. The van der Waals surface area contributed by atoms with E-state index < -0.39 is 0 Å². The zero-order valence-electron chi connectivity index (χ0n) is 9.65. The van der Waals surface area contributed by atoms with E-state index >= 15 is 0 Å². The van der Waals surface area contributed by atoms with Crippen molar-refractivity contribution in [3.05, 3.63) is 45.8 Å². The average Bonchev–Trinajstić information content (AvgIpc) is 2.39. The molecular formula is C12H11BrClN3S. The molecule has 0 aliphatic heterocycles. The van der Waals surface area contributed by atoms with Crippen molar-refractivity contribution in [2.75, 3.05) is 12.4 Å². The molecule has 0 radical (unpaired) electrons. The quantitative estimate of drug-likeness (QED) is 0.842. The van der Waals surface area contributed by atoms with Gasteiger partial charge in [0.25, 0.3) is 0 Å². The minimum atomic E-state index is 0.686. The Morgan fingerprint density at radius 1 is 1.39 bits per heavy atom. The van der Waals surface area contributed by atoms with Crippen molar-refractivity contribution in [1.82, 2.24) is 9.97 Å². The maximum atomic E-state index is 6.09. The molecule has 1 aromatic carbocycles. The third-order valence-corrected chi connectivity index (χ3v) is 4.32. The molecule has 0 aliphatic carbocycles. The topological polar surface area (TPSA) is 37.8 Å². The van der Waals surface area contributed by atoms with Gasteiger partial charge in [-0.2, -0.15) is 0 Å². The number of halogens is 2. The van der Waals surface area contributed by atoms with Crippen LogP contribution in [0.1, 0.15) is 5.82 Å². The van der Waals surface area contributed by atoms with Crippen LogP contribution in [0.15, 0.2) is 39.8 Å². The van der Waals surface area contributed by atoms with Gasteiger partial charge in [0.15, 0.2) is 0 Å². The lowest BCUT2D eigenvalue weighted by molar-refractivity contribution is 1.02. The van der Waals surface area contributed by atoms with Gasteiger partial charge in [-0.15, -0.1) is 11.8 Å². The molecule has 2 aromatic rings. The summed E-state index contributed by atoms with van der Waals surface area (Å²) in [5, 5.41) is 3.77. The summed E-state index contributed by atoms with van der Waals surface area (Å²) >= 11 is 11.1. The van der Waals surface area contributed by atoms with Gasteiger partial charge in [-0.3, -0.25) is 0 Å². The summed E-state index contributed by atoms with van der Waals surface area (Å²) in [5.41, 5.74) is 0. The first-order valence-electron chi connectivity index (χ1n) is 5.27. The lowest BCUT2D eigenvalue weighted by Crippen LogP contribution is -1.99. The maximum Gasteiger partial charge on any atom is 0.143 e. The number of nitrogens with one attached hydrogen (secondary N) is 1. The Labute approximate surface area is 124 Å². The van der Waals surface area contributed by atoms with Crippen molar-refractivity contribution in [3.63, 3.8) is 0 Å². The number of hydrogen-bond acceptors (Lipinski definition) is 4. The van der Waals surface area contributed by atoms with Crippen LogP contribution in [0.4, 0.5) is 5.82 Å². The molecule has 0 unspecified atom stereocenters. The molecule has 1 aromatic heterocycles. The average molecular weight is 345 g/mol. The monoisotopic (exact) mass is 343 g/mol. The molecule has 0 spiro atoms. The number of rotatable bonds is 4. The second-order valence-corrected chi connectivity index (χ2v) is 5.73. The third kappa shape index (κ3) is 3.37. The van der Waals surface area contributed by atoms with Gasteiger partial charge in [-0.1, -0.05) is 23.7 Å². The summed E-state index contributed by atoms with van der Waals surface area (Å²) in [7, 11) is 1.83. The van der Waals surface area contributed by atoms with Crippen molar-refractivity contribution in [2.45, 2.75) is 10.6 Å². The van der Waals surface area contributed by atoms with Gasteiger partial charge >= 0.3 is 0 Å². The lowest BCUT2D eigenvalue weighted by Gasteiger charge is -2.06. The Morgan fingerprint density at radius 3 is 2.89 bits per heavy atom. The Balaban J connectivity index is 2.09. The zero-order chi connectivity index (χ0) is 13.0. The van der Waals surface area contributed by atoms with E-state index in [9.17, 15) is 0 Å². The normalized spacial score (nSPS) is 10.4. The standard InChI is InChI=1S/C12H11BrClN3S/c1-15-12-8(13)6-16-11(17-12)7-18-10-5-3-2-4-9(10)14/h2-6H,7H2,1H3,(H,15,16,17). The van der Waals surface area contributed by atoms with Gasteiger partial charge in [0.05, 0.1) is 15.2 Å². The van der Waals surface area contributed by atoms with E-state index in [0.29, 0.717) is 5.75 Å². The van der Waals surface area contributed by atoms with Gasteiger partial charge in [0, 0.05) is 18.1 Å². The van der Waals surface area contributed by atoms with Crippen LogP contribution in [0.25, 0.3) is 0 Å². The molecule has 0 bridgehead atoms. The number of anilines is 1. The van der Waals surface area contributed by atoms with Crippen LogP contribution in [0, 0.1) is 0 Å². The molecule has 1 heterocycles. The predicted molar refractivity (Wildman–Crippen MR) is 80.3 cm³/mol. The van der Waals surface area contributed by atoms with Crippen LogP contribution < -0.4 is 5.32 Å². The first-order chi connectivity index (χ1) is 8.70. The second-order valence-electron chi connectivity index (χ2n) is 3.45. The third-order valence-electron chi connectivity index (χ3n) is 2.22. The molecule has 0 saturated heterocycles. The van der Waals surface area contributed by atoms with Crippen molar-refractivity contribution in [2.24, 2.45) is 0 Å². The Kier molecular flexibility index (Phi) is 4.86. The molecule has 0 saturated carbocycles. The molecule has 0 fully saturated rings. The summed E-state index contributed by atoms with van der Waals surface area (Å²) < 4.78 is 0.858. The molecule has 2 rings (SSSR count). The fraction of sp³-hybridized carbons (Fsp3) is 0.167. The van der Waals surface area contributed by atoms with Crippen molar-refractivity contribution >= 4 is 45.1 Å². The summed E-state index contributed by atoms with van der Waals surface area (Å²) in [6.07, 6.45) is 1.75. The van der Waals surface area contributed by atoms with Crippen LogP contribution in [-0.2, 0) is 5.75 Å². The van der Waals surface area contributed by atoms with E-state index in [2.05, 4.69) is 31.2 Å². The largest absolute Gasteiger partial charge is 0.372 e. The van der Waals surface area contributed by atoms with Crippen LogP contribution in [0.5, 0.6) is 0 Å². The fourth-order valence-corrected chi connectivity index (χ4v) is 2.85. The zero-order valence-corrected chi connectivity index (χ0v) is 12.8. The molecule has 94 valence electrons. The highest BCUT2D eigenvalue weighted by Crippen LogP contribution is 2.29. The van der Waals surface area contributed by atoms with Gasteiger partial charge in [-0.25, -0.2) is 9.97 Å². The van der Waals surface area contributed by atoms with Crippen LogP contribution in [-0.4, -0.2) is 17.0 Å². The van der Waals surface area contributed by atoms with Gasteiger partial charge in [-0.05, 0) is 28.1 Å². The van der Waals surface area contributed by atoms with Crippen molar-refractivity contribution < 1.29 is 0 Å². The first kappa shape index (κ1) is 13.6. The van der Waals surface area contributed by atoms with E-state index in [0.717, 1.165) is 26.0 Å². The molecule has 0 aliphatic rings. The van der Waals surface area contributed by atoms with Gasteiger partial charge in [0.1, 0.15) is 11.6 Å². The number of benzene rings is 1. The number of aromatic nitrogens is 2. The number of nitrogens with zero attached hydrogens (tertiary/aromatic N) is 2. The summed E-state index contributed by atoms with van der Waals surface area (Å²) in [6, 6.07) is 7.76. The van der Waals surface area contributed by atoms with Crippen LogP contribution >= 0.6 is 39.3 Å². The SMILES string of the molecule is CNc1nc(CSc2ccccc2Cl)ncc1Br. The van der Waals surface area contributed by atoms with Crippen molar-refractivity contribution in [3.8, 4) is 0 Å². The summed E-state index contributed by atoms with van der Waals surface area (Å²) in [4.78, 5) is 9.71. The molecular weight excluding hydrogens is 334 g/mol. The van der Waals surface area contributed by atoms with Gasteiger partial charge in [0.2, 0.25) is 0 Å². The van der Waals surface area contributed by atoms with Gasteiger partial charge < -0.3 is 5.32 Å². The molecule has 3 nitrogen and oxygen atoms in total. The van der Waals surface area contributed by atoms with E-state index in [-0.39, 0.29) is 0 Å². The highest BCUT2D eigenvalue weighted by Gasteiger charge is 2.05. The maximum absolute atomic E-state index is 6.09. The fourth-order valence-electron chi connectivity index (χ4n) is 1.35. The Morgan fingerprint density at radius 2 is 2.17 bits per heavy atom. The van der Waals surface area contributed by atoms with Crippen molar-refractivity contribution in [1.29, 1.82) is 0 Å². The molecule has 18 heavy (non-hydrogen) atoms. The minimum Gasteiger partial charge on any atom is -0.372 e. The highest BCUT2D eigenvalue weighted by molar-refractivity contribution is 9.10. The molecule has 6 heteroatoms. The van der Waals surface area contributed by atoms with E-state index in [1.54, 1.807) is 18.0 Å². The van der Waals surface area contributed by atoms with Crippen LogP contribution in [0.2, 0.25) is 5.02 Å². The number of hydrogen-bond donors (Lipinski definition) is 1. The molecule has 0 amide bonds. The first-order valence-corrected chi connectivity index (χ1v) is 7.43. The molecule has 0 atom stereocenters. The predicted octanol–water partition coefficient (Wildman–Crippen LogP) is 4.23. The van der Waals surface area contributed by atoms with E-state index in [1.807, 2.05) is 31.3 Å².